The van der Waals surface area contributed by atoms with Crippen molar-refractivity contribution >= 4 is 64.4 Å². The van der Waals surface area contributed by atoms with Crippen LogP contribution >= 0.6 is 11.6 Å². The summed E-state index contributed by atoms with van der Waals surface area (Å²) in [5.41, 5.74) is -0.108. The maximum atomic E-state index is 12.4. The molecular formula is C16H15ClN4O9S3. The lowest BCUT2D eigenvalue weighted by molar-refractivity contribution is 0.284. The van der Waals surface area contributed by atoms with Crippen LogP contribution in [0.1, 0.15) is 5.82 Å². The van der Waals surface area contributed by atoms with Crippen LogP contribution in [0.3, 0.4) is 0 Å². The second-order valence-electron chi connectivity index (χ2n) is 6.47. The highest BCUT2D eigenvalue weighted by atomic mass is 35.5. The average molecular weight is 539 g/mol. The molecule has 2 aromatic carbocycles. The van der Waals surface area contributed by atoms with E-state index in [2.05, 4.69) is 24.5 Å². The number of aromatic nitrogens is 3. The lowest BCUT2D eigenvalue weighted by atomic mass is 10.1. The van der Waals surface area contributed by atoms with E-state index in [4.69, 9.17) is 16.2 Å². The van der Waals surface area contributed by atoms with Gasteiger partial charge in [0, 0.05) is 5.39 Å². The Balaban J connectivity index is 2.05. The Bertz CT molecular complexity index is 1540. The molecule has 0 fully saturated rings. The summed E-state index contributed by atoms with van der Waals surface area (Å²) in [7, 11) is -13.7. The van der Waals surface area contributed by atoms with Gasteiger partial charge in [0.2, 0.25) is 11.2 Å². The van der Waals surface area contributed by atoms with Crippen LogP contribution in [0.25, 0.3) is 10.8 Å². The van der Waals surface area contributed by atoms with E-state index in [9.17, 15) is 29.8 Å². The number of sulfone groups is 1. The minimum absolute atomic E-state index is 0.0208. The van der Waals surface area contributed by atoms with Crippen LogP contribution in [0, 0.1) is 6.92 Å². The molecule has 0 unspecified atom stereocenters. The predicted molar refractivity (Wildman–Crippen MR) is 116 cm³/mol. The molecular weight excluding hydrogens is 524 g/mol. The van der Waals surface area contributed by atoms with E-state index in [1.807, 2.05) is 0 Å². The van der Waals surface area contributed by atoms with Crippen molar-refractivity contribution in [1.29, 1.82) is 0 Å². The van der Waals surface area contributed by atoms with Crippen LogP contribution in [0.15, 0.2) is 40.1 Å². The average Bonchev–Trinajstić information content (AvgIpc) is 2.64. The number of rotatable bonds is 8. The molecule has 1 aromatic heterocycles. The van der Waals surface area contributed by atoms with Gasteiger partial charge in [0.25, 0.3) is 10.1 Å². The van der Waals surface area contributed by atoms with E-state index in [-0.39, 0.29) is 38.4 Å². The van der Waals surface area contributed by atoms with Gasteiger partial charge in [-0.25, -0.2) is 17.6 Å². The van der Waals surface area contributed by atoms with E-state index in [0.29, 0.717) is 0 Å². The summed E-state index contributed by atoms with van der Waals surface area (Å²) in [5, 5.41) is 2.61. The Morgan fingerprint density at radius 2 is 1.70 bits per heavy atom. The maximum Gasteiger partial charge on any atom is 0.397 e. The van der Waals surface area contributed by atoms with Crippen LogP contribution in [0.4, 0.5) is 11.6 Å². The monoisotopic (exact) mass is 538 g/mol. The molecule has 0 spiro atoms. The van der Waals surface area contributed by atoms with Crippen molar-refractivity contribution in [2.75, 3.05) is 17.7 Å². The van der Waals surface area contributed by atoms with Gasteiger partial charge in [0.05, 0.1) is 22.9 Å². The Morgan fingerprint density at radius 3 is 2.30 bits per heavy atom. The molecule has 0 saturated carbocycles. The third-order valence-corrected chi connectivity index (χ3v) is 7.38. The van der Waals surface area contributed by atoms with Crippen LogP contribution in [0.2, 0.25) is 5.28 Å². The van der Waals surface area contributed by atoms with Crippen molar-refractivity contribution in [2.45, 2.75) is 16.7 Å². The number of hydrogen-bond donors (Lipinski definition) is 3. The lowest BCUT2D eigenvalue weighted by Crippen LogP contribution is -2.15. The number of benzene rings is 2. The summed E-state index contributed by atoms with van der Waals surface area (Å²) >= 11 is 5.78. The Morgan fingerprint density at radius 1 is 1.00 bits per heavy atom. The fourth-order valence-electron chi connectivity index (χ4n) is 2.84. The summed E-state index contributed by atoms with van der Waals surface area (Å²) in [6, 6.07) is 6.02. The van der Waals surface area contributed by atoms with Gasteiger partial charge in [0.1, 0.15) is 10.7 Å². The first-order chi connectivity index (χ1) is 15.2. The summed E-state index contributed by atoms with van der Waals surface area (Å²) < 4.78 is 92.7. The van der Waals surface area contributed by atoms with Crippen molar-refractivity contribution in [2.24, 2.45) is 0 Å². The second kappa shape index (κ2) is 9.05. The highest BCUT2D eigenvalue weighted by Gasteiger charge is 2.23. The SMILES string of the molecule is Cc1nc(Cl)nc(Nc2ccc3cc(S(=O)(=O)CCOS(=O)(=O)O)ccc3c2S(=O)(=O)O)n1. The second-order valence-corrected chi connectivity index (χ2v) is 11.4. The standard InChI is InChI=1S/C16H15ClN4O9S3/c1-9-18-15(17)21-16(19-9)20-13-5-2-10-8-11(3-4-12(10)14(13)32(24,25)26)31(22,23)7-6-30-33(27,28)29/h2-5,8H,6-7H2,1H3,(H,24,25,26)(H,27,28,29)(H,18,19,20,21). The minimum Gasteiger partial charge on any atom is -0.323 e. The van der Waals surface area contributed by atoms with Gasteiger partial charge in [-0.3, -0.25) is 9.11 Å². The minimum atomic E-state index is -4.81. The maximum absolute atomic E-state index is 12.4. The third-order valence-electron chi connectivity index (χ3n) is 4.11. The first-order valence-electron chi connectivity index (χ1n) is 8.70. The molecule has 0 saturated heterocycles. The van der Waals surface area contributed by atoms with Crippen LogP contribution in [-0.2, 0) is 34.5 Å². The number of halogens is 1. The van der Waals surface area contributed by atoms with E-state index >= 15 is 0 Å². The highest BCUT2D eigenvalue weighted by molar-refractivity contribution is 7.91. The summed E-state index contributed by atoms with van der Waals surface area (Å²) in [6.45, 7) is 0.706. The fourth-order valence-corrected chi connectivity index (χ4v) is 5.42. The molecule has 33 heavy (non-hydrogen) atoms. The Hall–Kier alpha value is -2.47. The summed E-state index contributed by atoms with van der Waals surface area (Å²) in [4.78, 5) is 10.8. The smallest absolute Gasteiger partial charge is 0.323 e. The molecule has 13 nitrogen and oxygen atoms in total. The normalized spacial score (nSPS) is 12.7. The molecule has 0 aliphatic rings. The molecule has 0 bridgehead atoms. The van der Waals surface area contributed by atoms with Gasteiger partial charge < -0.3 is 5.32 Å². The van der Waals surface area contributed by atoms with Gasteiger partial charge in [0.15, 0.2) is 9.84 Å². The van der Waals surface area contributed by atoms with Crippen LogP contribution in [0.5, 0.6) is 0 Å². The fraction of sp³-hybridized carbons (Fsp3) is 0.188. The zero-order chi connectivity index (χ0) is 24.6. The van der Waals surface area contributed by atoms with Crippen molar-refractivity contribution < 1.29 is 38.5 Å². The highest BCUT2D eigenvalue weighted by Crippen LogP contribution is 2.33. The first-order valence-corrected chi connectivity index (χ1v) is 13.5. The number of nitrogens with one attached hydrogen (secondary N) is 1. The largest absolute Gasteiger partial charge is 0.397 e. The molecule has 1 heterocycles. The molecule has 0 radical (unpaired) electrons. The van der Waals surface area contributed by atoms with Gasteiger partial charge in [-0.1, -0.05) is 12.1 Å². The number of aryl methyl sites for hydroxylation is 1. The summed E-state index contributed by atoms with van der Waals surface area (Å²) in [6.07, 6.45) is 0. The zero-order valence-corrected chi connectivity index (χ0v) is 19.7. The van der Waals surface area contributed by atoms with Crippen LogP contribution in [-0.4, -0.2) is 61.7 Å². The summed E-state index contributed by atoms with van der Waals surface area (Å²) in [5.74, 6) is -0.614. The van der Waals surface area contributed by atoms with Crippen molar-refractivity contribution in [1.82, 2.24) is 15.0 Å². The molecule has 17 heteroatoms. The molecule has 0 atom stereocenters. The molecule has 3 aromatic rings. The zero-order valence-electron chi connectivity index (χ0n) is 16.5. The predicted octanol–water partition coefficient (Wildman–Crippen LogP) is 1.57. The van der Waals surface area contributed by atoms with E-state index in [1.54, 1.807) is 0 Å². The number of anilines is 2. The van der Waals surface area contributed by atoms with Crippen LogP contribution < -0.4 is 5.32 Å². The Labute approximate surface area is 193 Å². The lowest BCUT2D eigenvalue weighted by Gasteiger charge is -2.13. The quantitative estimate of drug-likeness (QED) is 0.349. The Kier molecular flexibility index (Phi) is 6.90. The van der Waals surface area contributed by atoms with Gasteiger partial charge >= 0.3 is 10.4 Å². The van der Waals surface area contributed by atoms with Crippen molar-refractivity contribution in [3.63, 3.8) is 0 Å². The molecule has 0 aliphatic carbocycles. The first kappa shape index (κ1) is 25.2. The van der Waals surface area contributed by atoms with E-state index in [1.165, 1.54) is 19.1 Å². The van der Waals surface area contributed by atoms with Gasteiger partial charge in [-0.05, 0) is 42.1 Å². The van der Waals surface area contributed by atoms with Crippen molar-refractivity contribution in [3.8, 4) is 0 Å². The number of fused-ring (bicyclic) bond motifs is 1. The molecule has 0 aliphatic heterocycles. The van der Waals surface area contributed by atoms with Gasteiger partial charge in [-0.2, -0.15) is 26.8 Å². The van der Waals surface area contributed by atoms with Crippen molar-refractivity contribution in [3.05, 3.63) is 41.4 Å². The van der Waals surface area contributed by atoms with E-state index in [0.717, 1.165) is 18.2 Å². The molecule has 178 valence electrons. The van der Waals surface area contributed by atoms with E-state index < -0.39 is 47.6 Å². The number of hydrogen-bond acceptors (Lipinski definition) is 11. The third kappa shape index (κ3) is 6.32. The molecule has 0 amide bonds. The number of nitrogens with zero attached hydrogens (tertiary/aromatic N) is 3. The molecule has 3 N–H and O–H groups in total. The molecule has 3 rings (SSSR count). The topological polar surface area (TPSA) is 203 Å². The van der Waals surface area contributed by atoms with Gasteiger partial charge in [-0.15, -0.1) is 0 Å².